The first-order chi connectivity index (χ1) is 13.5. The molecule has 8 heteroatoms. The number of benzene rings is 2. The Labute approximate surface area is 173 Å². The number of aromatic amines is 1. The van der Waals surface area contributed by atoms with Crippen LogP contribution in [-0.4, -0.2) is 28.1 Å². The number of aryl methyl sites for hydroxylation is 2. The largest absolute Gasteiger partial charge is 0.497 e. The molecule has 0 saturated heterocycles. The van der Waals surface area contributed by atoms with Crippen LogP contribution in [-0.2, 0) is 0 Å². The van der Waals surface area contributed by atoms with Gasteiger partial charge in [0.05, 0.1) is 28.6 Å². The highest BCUT2D eigenvalue weighted by molar-refractivity contribution is 9.10. The lowest BCUT2D eigenvalue weighted by molar-refractivity contribution is 0.415. The van der Waals surface area contributed by atoms with E-state index < -0.39 is 0 Å². The molecule has 2 aromatic carbocycles. The second kappa shape index (κ2) is 7.37. The molecular weight excluding hydrogens is 440 g/mol. The Balaban J connectivity index is 1.69. The Hall–Kier alpha value is -2.71. The molecule has 0 fully saturated rings. The first-order valence-electron chi connectivity index (χ1n) is 8.53. The second-order valence-electron chi connectivity index (χ2n) is 6.31. The summed E-state index contributed by atoms with van der Waals surface area (Å²) in [5.74, 6) is 0.779. The van der Waals surface area contributed by atoms with Crippen LogP contribution in [0.1, 0.15) is 16.8 Å². The van der Waals surface area contributed by atoms with Gasteiger partial charge in [0, 0.05) is 16.4 Å². The molecule has 28 heavy (non-hydrogen) atoms. The summed E-state index contributed by atoms with van der Waals surface area (Å²) in [7, 11) is 1.63. The van der Waals surface area contributed by atoms with Crippen molar-refractivity contribution >= 4 is 48.8 Å². The molecule has 142 valence electrons. The lowest BCUT2D eigenvalue weighted by Crippen LogP contribution is -2.17. The quantitative estimate of drug-likeness (QED) is 0.443. The zero-order valence-electron chi connectivity index (χ0n) is 15.5. The van der Waals surface area contributed by atoms with Crippen molar-refractivity contribution in [1.29, 1.82) is 0 Å². The van der Waals surface area contributed by atoms with Gasteiger partial charge >= 0.3 is 0 Å². The van der Waals surface area contributed by atoms with Gasteiger partial charge in [-0.2, -0.15) is 0 Å². The Morgan fingerprint density at radius 2 is 2.07 bits per heavy atom. The van der Waals surface area contributed by atoms with E-state index in [0.29, 0.717) is 10.7 Å². The van der Waals surface area contributed by atoms with E-state index >= 15 is 0 Å². The van der Waals surface area contributed by atoms with E-state index in [1.54, 1.807) is 13.3 Å². The molecule has 4 rings (SSSR count). The minimum Gasteiger partial charge on any atom is -0.497 e. The fourth-order valence-corrected chi connectivity index (χ4v) is 3.94. The standard InChI is InChI=1S/C20H17BrN4O2S/c1-11-8-13(4-6-16(11)21)25-19(26)15(12(2)24-25)10-22-20-23-17-7-5-14(27-3)9-18(17)28-20/h4-10,24H,1-3H3. The zero-order valence-corrected chi connectivity index (χ0v) is 17.9. The van der Waals surface area contributed by atoms with E-state index in [2.05, 4.69) is 31.0 Å². The molecule has 4 aromatic rings. The number of methoxy groups -OCH3 is 1. The Bertz CT molecular complexity index is 1270. The van der Waals surface area contributed by atoms with Crippen molar-refractivity contribution in [2.45, 2.75) is 13.8 Å². The summed E-state index contributed by atoms with van der Waals surface area (Å²) >= 11 is 4.93. The number of rotatable bonds is 4. The van der Waals surface area contributed by atoms with Crippen LogP contribution in [0.25, 0.3) is 15.9 Å². The molecule has 0 atom stereocenters. The van der Waals surface area contributed by atoms with Gasteiger partial charge in [-0.05, 0) is 55.8 Å². The van der Waals surface area contributed by atoms with Gasteiger partial charge in [-0.1, -0.05) is 27.3 Å². The van der Waals surface area contributed by atoms with Crippen LogP contribution in [0.15, 0.2) is 50.7 Å². The van der Waals surface area contributed by atoms with Crippen LogP contribution in [0.5, 0.6) is 5.75 Å². The first-order valence-corrected chi connectivity index (χ1v) is 10.1. The highest BCUT2D eigenvalue weighted by atomic mass is 79.9. The number of aliphatic imine (C=N–C) groups is 1. The molecule has 6 nitrogen and oxygen atoms in total. The van der Waals surface area contributed by atoms with Crippen molar-refractivity contribution in [3.8, 4) is 11.4 Å². The van der Waals surface area contributed by atoms with E-state index in [9.17, 15) is 4.79 Å². The molecule has 0 saturated carbocycles. The molecule has 0 aliphatic heterocycles. The second-order valence-corrected chi connectivity index (χ2v) is 8.18. The predicted octanol–water partition coefficient (Wildman–Crippen LogP) is 4.91. The van der Waals surface area contributed by atoms with Crippen LogP contribution < -0.4 is 10.3 Å². The third-order valence-electron chi connectivity index (χ3n) is 4.41. The molecule has 0 aliphatic carbocycles. The Morgan fingerprint density at radius 3 is 2.82 bits per heavy atom. The number of halogens is 1. The third-order valence-corrected chi connectivity index (χ3v) is 6.22. The zero-order chi connectivity index (χ0) is 19.8. The van der Waals surface area contributed by atoms with Gasteiger partial charge < -0.3 is 4.74 Å². The van der Waals surface area contributed by atoms with Gasteiger partial charge in [-0.15, -0.1) is 0 Å². The van der Waals surface area contributed by atoms with E-state index in [4.69, 9.17) is 4.74 Å². The summed E-state index contributed by atoms with van der Waals surface area (Å²) in [6.45, 7) is 3.84. The Morgan fingerprint density at radius 1 is 1.25 bits per heavy atom. The summed E-state index contributed by atoms with van der Waals surface area (Å²) in [6, 6.07) is 11.4. The number of hydrogen-bond acceptors (Lipinski definition) is 5. The summed E-state index contributed by atoms with van der Waals surface area (Å²) in [5, 5.41) is 3.71. The monoisotopic (exact) mass is 456 g/mol. The maximum Gasteiger partial charge on any atom is 0.280 e. The minimum atomic E-state index is -0.147. The van der Waals surface area contributed by atoms with Crippen LogP contribution in [0.4, 0.5) is 5.13 Å². The summed E-state index contributed by atoms with van der Waals surface area (Å²) in [4.78, 5) is 21.8. The molecule has 0 spiro atoms. The highest BCUT2D eigenvalue weighted by Crippen LogP contribution is 2.30. The van der Waals surface area contributed by atoms with Crippen molar-refractivity contribution in [2.24, 2.45) is 4.99 Å². The van der Waals surface area contributed by atoms with Gasteiger partial charge in [0.25, 0.3) is 5.56 Å². The molecule has 0 unspecified atom stereocenters. The average Bonchev–Trinajstić information content (AvgIpc) is 3.22. The van der Waals surface area contributed by atoms with Crippen LogP contribution in [0.2, 0.25) is 0 Å². The van der Waals surface area contributed by atoms with Gasteiger partial charge in [0.15, 0.2) is 0 Å². The summed E-state index contributed by atoms with van der Waals surface area (Å²) in [5.41, 5.74) is 3.80. The fourth-order valence-electron chi connectivity index (χ4n) is 2.86. The normalized spacial score (nSPS) is 11.6. The molecule has 0 radical (unpaired) electrons. The van der Waals surface area contributed by atoms with E-state index in [0.717, 1.165) is 37.4 Å². The lowest BCUT2D eigenvalue weighted by Gasteiger charge is -2.04. The molecule has 0 amide bonds. The van der Waals surface area contributed by atoms with E-state index in [1.165, 1.54) is 16.0 Å². The van der Waals surface area contributed by atoms with Crippen molar-refractivity contribution < 1.29 is 4.74 Å². The predicted molar refractivity (Wildman–Crippen MR) is 117 cm³/mol. The Kier molecular flexibility index (Phi) is 4.91. The number of fused-ring (bicyclic) bond motifs is 1. The highest BCUT2D eigenvalue weighted by Gasteiger charge is 2.12. The summed E-state index contributed by atoms with van der Waals surface area (Å²) in [6.07, 6.45) is 1.57. The number of thiazole rings is 1. The van der Waals surface area contributed by atoms with Crippen molar-refractivity contribution in [3.05, 3.63) is 68.0 Å². The molecule has 1 N–H and O–H groups in total. The minimum absolute atomic E-state index is 0.147. The number of aromatic nitrogens is 3. The summed E-state index contributed by atoms with van der Waals surface area (Å²) < 4.78 is 8.76. The topological polar surface area (TPSA) is 72.3 Å². The molecule has 2 heterocycles. The van der Waals surface area contributed by atoms with Crippen molar-refractivity contribution in [2.75, 3.05) is 7.11 Å². The van der Waals surface area contributed by atoms with E-state index in [1.807, 2.05) is 50.2 Å². The van der Waals surface area contributed by atoms with Crippen molar-refractivity contribution in [1.82, 2.24) is 14.8 Å². The van der Waals surface area contributed by atoms with E-state index in [-0.39, 0.29) is 5.56 Å². The number of ether oxygens (including phenoxy) is 1. The van der Waals surface area contributed by atoms with Gasteiger partial charge in [0.1, 0.15) is 5.75 Å². The molecule has 0 aliphatic rings. The first kappa shape index (κ1) is 18.6. The smallest absolute Gasteiger partial charge is 0.280 e. The lowest BCUT2D eigenvalue weighted by atomic mass is 10.2. The van der Waals surface area contributed by atoms with Crippen molar-refractivity contribution in [3.63, 3.8) is 0 Å². The van der Waals surface area contributed by atoms with Crippen LogP contribution >= 0.6 is 27.3 Å². The average molecular weight is 457 g/mol. The third kappa shape index (κ3) is 3.41. The van der Waals surface area contributed by atoms with Gasteiger partial charge in [0.2, 0.25) is 5.13 Å². The number of H-pyrrole nitrogens is 1. The number of hydrogen-bond donors (Lipinski definition) is 1. The number of nitrogens with one attached hydrogen (secondary N) is 1. The molecule has 2 aromatic heterocycles. The van der Waals surface area contributed by atoms with Crippen LogP contribution in [0.3, 0.4) is 0 Å². The van der Waals surface area contributed by atoms with Gasteiger partial charge in [-0.3, -0.25) is 9.89 Å². The molecular formula is C20H17BrN4O2S. The SMILES string of the molecule is COc1ccc2nc(N=Cc3c(C)[nH]n(-c4ccc(Br)c(C)c4)c3=O)sc2c1. The maximum atomic E-state index is 12.9. The van der Waals surface area contributed by atoms with Gasteiger partial charge in [-0.25, -0.2) is 14.7 Å². The number of nitrogens with zero attached hydrogens (tertiary/aromatic N) is 3. The molecule has 0 bridgehead atoms. The van der Waals surface area contributed by atoms with Crippen LogP contribution in [0, 0.1) is 13.8 Å². The fraction of sp³-hybridized carbons (Fsp3) is 0.150. The maximum absolute atomic E-state index is 12.9.